The van der Waals surface area contributed by atoms with Gasteiger partial charge in [0.25, 0.3) is 0 Å². The van der Waals surface area contributed by atoms with Crippen molar-refractivity contribution in [1.82, 2.24) is 4.90 Å². The summed E-state index contributed by atoms with van der Waals surface area (Å²) < 4.78 is 0. The Bertz CT molecular complexity index is 234. The Morgan fingerprint density at radius 3 is 2.14 bits per heavy atom. The SMILES string of the molecule is CC1C(=O)N(C[C@@H](O)CN)C(=O)C1C. The molecular weight excluding hydrogens is 184 g/mol. The summed E-state index contributed by atoms with van der Waals surface area (Å²) in [5, 5.41) is 9.26. The van der Waals surface area contributed by atoms with Crippen LogP contribution < -0.4 is 5.73 Å². The monoisotopic (exact) mass is 200 g/mol. The van der Waals surface area contributed by atoms with Gasteiger partial charge < -0.3 is 10.8 Å². The second-order valence-corrected chi connectivity index (χ2v) is 3.75. The van der Waals surface area contributed by atoms with Crippen LogP contribution in [0.15, 0.2) is 0 Å². The minimum Gasteiger partial charge on any atom is -0.390 e. The minimum absolute atomic E-state index is 0.0167. The molecule has 0 aromatic rings. The number of aliphatic hydroxyl groups is 1. The highest BCUT2D eigenvalue weighted by atomic mass is 16.3. The van der Waals surface area contributed by atoms with Gasteiger partial charge in [-0.2, -0.15) is 0 Å². The quantitative estimate of drug-likeness (QED) is 0.569. The first kappa shape index (κ1) is 11.1. The first-order valence-electron chi connectivity index (χ1n) is 4.72. The van der Waals surface area contributed by atoms with Crippen molar-refractivity contribution in [2.45, 2.75) is 20.0 Å². The number of likely N-dealkylation sites (tertiary alicyclic amines) is 1. The number of β-amino-alcohol motifs (C(OH)–C–C–N with tert-alkyl or cyclic N) is 1. The van der Waals surface area contributed by atoms with Gasteiger partial charge in [-0.25, -0.2) is 0 Å². The topological polar surface area (TPSA) is 83.6 Å². The molecule has 1 saturated heterocycles. The van der Waals surface area contributed by atoms with E-state index in [9.17, 15) is 14.7 Å². The van der Waals surface area contributed by atoms with E-state index < -0.39 is 6.10 Å². The third kappa shape index (κ3) is 1.78. The van der Waals surface area contributed by atoms with E-state index in [1.54, 1.807) is 13.8 Å². The molecule has 0 aromatic heterocycles. The van der Waals surface area contributed by atoms with Gasteiger partial charge in [0.15, 0.2) is 0 Å². The number of nitrogens with two attached hydrogens (primary N) is 1. The summed E-state index contributed by atoms with van der Waals surface area (Å²) in [5.41, 5.74) is 5.21. The predicted octanol–water partition coefficient (Wildman–Crippen LogP) is -1.05. The van der Waals surface area contributed by atoms with E-state index in [1.807, 2.05) is 0 Å². The molecule has 14 heavy (non-hydrogen) atoms. The molecule has 1 rings (SSSR count). The van der Waals surface area contributed by atoms with Crippen LogP contribution in [-0.2, 0) is 9.59 Å². The molecule has 3 N–H and O–H groups in total. The van der Waals surface area contributed by atoms with Crippen molar-refractivity contribution in [1.29, 1.82) is 0 Å². The lowest BCUT2D eigenvalue weighted by Crippen LogP contribution is -2.40. The van der Waals surface area contributed by atoms with Crippen LogP contribution in [0.5, 0.6) is 0 Å². The van der Waals surface area contributed by atoms with Crippen molar-refractivity contribution in [2.24, 2.45) is 17.6 Å². The van der Waals surface area contributed by atoms with Crippen molar-refractivity contribution < 1.29 is 14.7 Å². The first-order chi connectivity index (χ1) is 6.49. The highest BCUT2D eigenvalue weighted by Gasteiger charge is 2.42. The molecule has 1 aliphatic rings. The fourth-order valence-electron chi connectivity index (χ4n) is 1.49. The smallest absolute Gasteiger partial charge is 0.232 e. The van der Waals surface area contributed by atoms with Crippen molar-refractivity contribution in [3.8, 4) is 0 Å². The lowest BCUT2D eigenvalue weighted by Gasteiger charge is -2.17. The number of nitrogens with zero attached hydrogens (tertiary/aromatic N) is 1. The van der Waals surface area contributed by atoms with E-state index in [2.05, 4.69) is 0 Å². The summed E-state index contributed by atoms with van der Waals surface area (Å²) in [6.45, 7) is 3.52. The van der Waals surface area contributed by atoms with Gasteiger partial charge in [0.2, 0.25) is 11.8 Å². The van der Waals surface area contributed by atoms with Crippen LogP contribution in [-0.4, -0.2) is 41.0 Å². The van der Waals surface area contributed by atoms with Gasteiger partial charge in [0.05, 0.1) is 12.6 Å². The maximum atomic E-state index is 11.5. The molecule has 1 heterocycles. The lowest BCUT2D eigenvalue weighted by atomic mass is 10.00. The molecule has 1 aliphatic heterocycles. The van der Waals surface area contributed by atoms with Crippen LogP contribution >= 0.6 is 0 Å². The molecule has 5 nitrogen and oxygen atoms in total. The third-order valence-corrected chi connectivity index (χ3v) is 2.73. The van der Waals surface area contributed by atoms with Gasteiger partial charge in [-0.15, -0.1) is 0 Å². The third-order valence-electron chi connectivity index (χ3n) is 2.73. The average molecular weight is 200 g/mol. The molecule has 0 aliphatic carbocycles. The fraction of sp³-hybridized carbons (Fsp3) is 0.778. The highest BCUT2D eigenvalue weighted by molar-refractivity contribution is 6.04. The summed E-state index contributed by atoms with van der Waals surface area (Å²) in [6.07, 6.45) is -0.819. The summed E-state index contributed by atoms with van der Waals surface area (Å²) in [4.78, 5) is 24.2. The van der Waals surface area contributed by atoms with Gasteiger partial charge in [-0.05, 0) is 0 Å². The Kier molecular flexibility index (Phi) is 3.23. The summed E-state index contributed by atoms with van der Waals surface area (Å²) in [7, 11) is 0. The zero-order valence-electron chi connectivity index (χ0n) is 8.43. The van der Waals surface area contributed by atoms with Gasteiger partial charge in [0, 0.05) is 18.4 Å². The first-order valence-corrected chi connectivity index (χ1v) is 4.72. The standard InChI is InChI=1S/C9H16N2O3/c1-5-6(2)9(14)11(8(5)13)4-7(12)3-10/h5-7,12H,3-4,10H2,1-2H3/t5?,6?,7-/m0/s1. The molecule has 0 bridgehead atoms. The average Bonchev–Trinajstić information content (AvgIpc) is 2.35. The van der Waals surface area contributed by atoms with Crippen LogP contribution in [0.25, 0.3) is 0 Å². The zero-order valence-corrected chi connectivity index (χ0v) is 8.43. The lowest BCUT2D eigenvalue weighted by molar-refractivity contribution is -0.141. The maximum Gasteiger partial charge on any atom is 0.232 e. The molecule has 1 fully saturated rings. The van der Waals surface area contributed by atoms with E-state index >= 15 is 0 Å². The molecular formula is C9H16N2O3. The Balaban J connectivity index is 2.70. The van der Waals surface area contributed by atoms with Crippen LogP contribution in [0.3, 0.4) is 0 Å². The number of aliphatic hydroxyl groups excluding tert-OH is 1. The second-order valence-electron chi connectivity index (χ2n) is 3.75. The molecule has 0 spiro atoms. The number of carbonyl (C=O) groups is 2. The van der Waals surface area contributed by atoms with Crippen LogP contribution in [0, 0.1) is 11.8 Å². The van der Waals surface area contributed by atoms with Crippen LogP contribution in [0.2, 0.25) is 0 Å². The molecule has 0 saturated carbocycles. The predicted molar refractivity (Wildman–Crippen MR) is 50.1 cm³/mol. The molecule has 3 atom stereocenters. The Morgan fingerprint density at radius 2 is 1.79 bits per heavy atom. The minimum atomic E-state index is -0.819. The normalized spacial score (nSPS) is 29.9. The number of rotatable bonds is 3. The summed E-state index contributed by atoms with van der Waals surface area (Å²) in [6, 6.07) is 0. The number of hydrogen-bond donors (Lipinski definition) is 2. The zero-order chi connectivity index (χ0) is 10.9. The van der Waals surface area contributed by atoms with E-state index in [0.717, 1.165) is 4.90 Å². The van der Waals surface area contributed by atoms with Gasteiger partial charge in [-0.1, -0.05) is 13.8 Å². The number of imide groups is 1. The summed E-state index contributed by atoms with van der Waals surface area (Å²) in [5.74, 6) is -0.995. The van der Waals surface area contributed by atoms with Crippen molar-refractivity contribution >= 4 is 11.8 Å². The van der Waals surface area contributed by atoms with Gasteiger partial charge >= 0.3 is 0 Å². The van der Waals surface area contributed by atoms with Crippen LogP contribution in [0.4, 0.5) is 0 Å². The second kappa shape index (κ2) is 4.06. The number of carbonyl (C=O) groups excluding carboxylic acids is 2. The maximum absolute atomic E-state index is 11.5. The molecule has 0 radical (unpaired) electrons. The molecule has 2 amide bonds. The largest absolute Gasteiger partial charge is 0.390 e. The van der Waals surface area contributed by atoms with Gasteiger partial charge in [-0.3, -0.25) is 14.5 Å². The van der Waals surface area contributed by atoms with Crippen molar-refractivity contribution in [3.63, 3.8) is 0 Å². The summed E-state index contributed by atoms with van der Waals surface area (Å²) >= 11 is 0. The van der Waals surface area contributed by atoms with Gasteiger partial charge in [0.1, 0.15) is 0 Å². The van der Waals surface area contributed by atoms with E-state index in [0.29, 0.717) is 0 Å². The fourth-order valence-corrected chi connectivity index (χ4v) is 1.49. The van der Waals surface area contributed by atoms with Crippen LogP contribution in [0.1, 0.15) is 13.8 Å². The molecule has 0 aromatic carbocycles. The number of hydrogen-bond acceptors (Lipinski definition) is 4. The highest BCUT2D eigenvalue weighted by Crippen LogP contribution is 2.25. The number of amides is 2. The molecule has 2 unspecified atom stereocenters. The Hall–Kier alpha value is -0.940. The molecule has 5 heteroatoms. The van der Waals surface area contributed by atoms with E-state index in [-0.39, 0.29) is 36.7 Å². The molecule has 80 valence electrons. The van der Waals surface area contributed by atoms with E-state index in [1.165, 1.54) is 0 Å². The van der Waals surface area contributed by atoms with Crippen molar-refractivity contribution in [3.05, 3.63) is 0 Å². The van der Waals surface area contributed by atoms with E-state index in [4.69, 9.17) is 5.73 Å². The van der Waals surface area contributed by atoms with Crippen molar-refractivity contribution in [2.75, 3.05) is 13.1 Å². The Morgan fingerprint density at radius 1 is 1.36 bits per heavy atom. The Labute approximate surface area is 82.9 Å².